The molecule has 0 aromatic carbocycles. The van der Waals surface area contributed by atoms with Crippen molar-refractivity contribution in [3.63, 3.8) is 0 Å². The van der Waals surface area contributed by atoms with Gasteiger partial charge in [-0.25, -0.2) is 0 Å². The van der Waals surface area contributed by atoms with Gasteiger partial charge in [-0.15, -0.1) is 23.6 Å². The van der Waals surface area contributed by atoms with E-state index in [1.165, 1.54) is 32.4 Å². The molecule has 0 radical (unpaired) electrons. The molecule has 300 valence electrons. The van der Waals surface area contributed by atoms with Gasteiger partial charge in [0.1, 0.15) is 17.1 Å². The average Bonchev–Trinajstić information content (AvgIpc) is 3.11. The maximum Gasteiger partial charge on any atom is 1.00 e. The Bertz CT molecular complexity index is 1560. The topological polar surface area (TPSA) is 91.3 Å². The Kier molecular flexibility index (Phi) is 35.6. The predicted molar refractivity (Wildman–Crippen MR) is 197 cm³/mol. The minimum Gasteiger partial charge on any atom is -0.780 e. The zero-order valence-electron chi connectivity index (χ0n) is 30.2. The molecule has 55 heavy (non-hydrogen) atoms. The third-order valence-electron chi connectivity index (χ3n) is 4.83. The third kappa shape index (κ3) is 34.2. The number of aromatic nitrogens is 3. The van der Waals surface area contributed by atoms with Crippen LogP contribution in [0.25, 0.3) is 0 Å². The zero-order valence-corrected chi connectivity index (χ0v) is 36.4. The third-order valence-corrected chi connectivity index (χ3v) is 6.80. The van der Waals surface area contributed by atoms with Crippen LogP contribution in [0, 0.1) is 30.6 Å². The molecule has 21 heteroatoms. The number of pyridine rings is 3. The summed E-state index contributed by atoms with van der Waals surface area (Å²) in [6.07, 6.45) is -9.39. The fraction of sp³-hybridized carbons (Fsp3) is 0.353. The molecular formula is C34H35BrF9N3NaO4S3-. The molecule has 0 amide bonds. The van der Waals surface area contributed by atoms with Crippen LogP contribution in [0.3, 0.4) is 0 Å². The average molecular weight is 920 g/mol. The molecule has 0 atom stereocenters. The van der Waals surface area contributed by atoms with Crippen LogP contribution in [0.15, 0.2) is 69.3 Å². The van der Waals surface area contributed by atoms with Crippen molar-refractivity contribution in [3.05, 3.63) is 83.5 Å². The van der Waals surface area contributed by atoms with E-state index in [1.54, 1.807) is 6.92 Å². The summed E-state index contributed by atoms with van der Waals surface area (Å²) in [6.45, 7) is 8.64. The Labute approximate surface area is 360 Å². The Morgan fingerprint density at radius 2 is 1.16 bits per heavy atom. The minimum absolute atomic E-state index is 0. The first-order valence-electron chi connectivity index (χ1n) is 14.4. The van der Waals surface area contributed by atoms with E-state index in [-0.39, 0.29) is 52.8 Å². The summed E-state index contributed by atoms with van der Waals surface area (Å²) in [5, 5.41) is 0. The smallest absolute Gasteiger partial charge is 0.780 e. The molecule has 3 rings (SSSR count). The largest absolute Gasteiger partial charge is 1.00 e. The molecule has 0 saturated heterocycles. The van der Waals surface area contributed by atoms with Crippen LogP contribution in [0.2, 0.25) is 0 Å². The van der Waals surface area contributed by atoms with Gasteiger partial charge in [0.25, 0.3) is 0 Å². The van der Waals surface area contributed by atoms with Crippen LogP contribution in [0.5, 0.6) is 0 Å². The van der Waals surface area contributed by atoms with E-state index >= 15 is 0 Å². The van der Waals surface area contributed by atoms with Gasteiger partial charge in [-0.2, -0.15) is 64.0 Å². The van der Waals surface area contributed by atoms with Crippen molar-refractivity contribution >= 4 is 64.9 Å². The molecule has 0 unspecified atom stereocenters. The van der Waals surface area contributed by atoms with E-state index < -0.39 is 35.6 Å². The van der Waals surface area contributed by atoms with Crippen LogP contribution in [0.1, 0.15) is 50.7 Å². The van der Waals surface area contributed by atoms with E-state index in [0.29, 0.717) is 27.3 Å². The summed E-state index contributed by atoms with van der Waals surface area (Å²) in [6, 6.07) is 6.97. The van der Waals surface area contributed by atoms with Crippen molar-refractivity contribution in [2.24, 2.45) is 0 Å². The minimum atomic E-state index is -4.45. The van der Waals surface area contributed by atoms with Crippen LogP contribution in [-0.4, -0.2) is 52.6 Å². The molecule has 3 aromatic heterocycles. The number of ether oxygens (including phenoxy) is 2. The Hall–Kier alpha value is -2.85. The summed E-state index contributed by atoms with van der Waals surface area (Å²) in [5.41, 5.74) is -2.75. The first kappa shape index (κ1) is 58.9. The second kappa shape index (κ2) is 33.3. The number of carbonyl (C=O) groups is 2. The van der Waals surface area contributed by atoms with Gasteiger partial charge < -0.3 is 28.0 Å². The quantitative estimate of drug-likeness (QED) is 0.0412. The molecule has 0 aliphatic carbocycles. The number of rotatable bonds is 6. The Balaban J connectivity index is -0.000000303. The van der Waals surface area contributed by atoms with Crippen molar-refractivity contribution in [2.75, 3.05) is 25.7 Å². The van der Waals surface area contributed by atoms with E-state index in [9.17, 15) is 49.1 Å². The van der Waals surface area contributed by atoms with E-state index in [1.807, 2.05) is 13.8 Å². The van der Waals surface area contributed by atoms with Gasteiger partial charge in [-0.3, -0.25) is 30.5 Å². The van der Waals surface area contributed by atoms with Crippen LogP contribution in [-0.2, 0) is 50.2 Å². The van der Waals surface area contributed by atoms with Crippen LogP contribution >= 0.6 is 40.3 Å². The monoisotopic (exact) mass is 918 g/mol. The number of carbonyl (C=O) groups excluding carboxylic acids is 2. The first-order valence-corrected chi connectivity index (χ1v) is 17.2. The van der Waals surface area contributed by atoms with Crippen molar-refractivity contribution in [1.29, 1.82) is 0 Å². The maximum atomic E-state index is 12.3. The molecule has 0 saturated carbocycles. The number of methoxy groups -OCH3 is 2. The van der Waals surface area contributed by atoms with Gasteiger partial charge in [-0.05, 0) is 38.1 Å². The van der Waals surface area contributed by atoms with Gasteiger partial charge in [0.05, 0.1) is 27.1 Å². The molecule has 7 nitrogen and oxygen atoms in total. The Morgan fingerprint density at radius 1 is 0.764 bits per heavy atom. The summed E-state index contributed by atoms with van der Waals surface area (Å²) in [5.74, 6) is 10.7. The van der Waals surface area contributed by atoms with Crippen molar-refractivity contribution < 1.29 is 88.1 Å². The van der Waals surface area contributed by atoms with Crippen molar-refractivity contribution in [3.8, 4) is 23.7 Å². The number of thioether (sulfide) groups is 1. The Morgan fingerprint density at radius 3 is 1.47 bits per heavy atom. The second-order valence-corrected chi connectivity index (χ2v) is 11.8. The maximum absolute atomic E-state index is 12.3. The predicted octanol–water partition coefficient (Wildman–Crippen LogP) is 6.98. The molecule has 0 fully saturated rings. The fourth-order valence-corrected chi connectivity index (χ4v) is 3.88. The first-order chi connectivity index (χ1) is 25.1. The number of hydrogen-bond donors (Lipinski definition) is 1. The van der Waals surface area contributed by atoms with Crippen molar-refractivity contribution in [2.45, 2.75) is 61.9 Å². The van der Waals surface area contributed by atoms with Gasteiger partial charge >= 0.3 is 60.0 Å². The molecule has 3 aromatic rings. The normalized spacial score (nSPS) is 9.67. The number of hydrogen-bond acceptors (Lipinski definition) is 10. The number of nitrogens with zero attached hydrogens (tertiary/aromatic N) is 3. The van der Waals surface area contributed by atoms with Crippen LogP contribution in [0.4, 0.5) is 39.5 Å². The van der Waals surface area contributed by atoms with Gasteiger partial charge in [0.15, 0.2) is 0 Å². The summed E-state index contributed by atoms with van der Waals surface area (Å²) in [7, 11) is 2.63. The summed E-state index contributed by atoms with van der Waals surface area (Å²) < 4.78 is 117. The molecule has 0 bridgehead atoms. The van der Waals surface area contributed by atoms with E-state index in [0.717, 1.165) is 48.6 Å². The zero-order chi connectivity index (χ0) is 42.4. The van der Waals surface area contributed by atoms with Gasteiger partial charge in [0.2, 0.25) is 0 Å². The molecule has 3 heterocycles. The van der Waals surface area contributed by atoms with Crippen molar-refractivity contribution in [1.82, 2.24) is 15.0 Å². The van der Waals surface area contributed by atoms with Gasteiger partial charge in [0, 0.05) is 39.5 Å². The van der Waals surface area contributed by atoms with Gasteiger partial charge in [-0.1, -0.05) is 35.0 Å². The molecule has 0 aliphatic heterocycles. The molecular weight excluding hydrogens is 884 g/mol. The fourth-order valence-electron chi connectivity index (χ4n) is 2.33. The number of alkyl halides is 9. The molecule has 0 spiro atoms. The molecule has 0 N–H and O–H groups in total. The SMILES string of the molecule is CC#CC.COC(=O)CCS.COC(=O)CCSc1ccnc(C(F)(F)F)c1.FC(F)(F)c1cc(Br)ccn1.FC(F)(F)c1cc([S-])ccn1.[CH2-]C#CC.[Na+]. The number of halogens is 10. The second-order valence-electron chi connectivity index (χ2n) is 8.76. The van der Waals surface area contributed by atoms with E-state index in [2.05, 4.69) is 96.2 Å². The van der Waals surface area contributed by atoms with E-state index in [4.69, 9.17) is 0 Å². The standard InChI is InChI=1S/C10H10F3NO2S.C6H3BrF3N.C6H4F3NS.C4H8O2S.C4H6.C4H5.Na/c1-16-9(15)3-5-17-7-2-4-14-8(6-7)10(11,12)13;7-4-1-2-11-5(3-4)6(8,9)10;7-6(8,9)5-3-4(11)1-2-10-5;1-6-4(5)2-3-7;2*1-3-4-2;/h2,4,6H,3,5H2,1H3;1-3H;1-3H,(H,10,11);7H,2-3H2,1H3;1-2H3;1H2,2H3;/q;;;;;-1;+1/p-1. The van der Waals surface area contributed by atoms with Crippen LogP contribution < -0.4 is 29.6 Å². The number of esters is 2. The summed E-state index contributed by atoms with van der Waals surface area (Å²) in [4.78, 5) is 31.0. The summed E-state index contributed by atoms with van der Waals surface area (Å²) >= 11 is 12.4. The number of thiol groups is 1. The molecule has 0 aliphatic rings.